The van der Waals surface area contributed by atoms with Crippen molar-refractivity contribution in [3.8, 4) is 0 Å². The van der Waals surface area contributed by atoms with E-state index < -0.39 is 5.97 Å². The molecule has 0 amide bonds. The molecule has 2 rings (SSSR count). The van der Waals surface area contributed by atoms with E-state index in [2.05, 4.69) is 15.3 Å². The van der Waals surface area contributed by atoms with Gasteiger partial charge in [0.1, 0.15) is 0 Å². The number of nitrogens with one attached hydrogen (secondary N) is 1. The molecule has 1 aromatic carbocycles. The van der Waals surface area contributed by atoms with E-state index >= 15 is 0 Å². The maximum absolute atomic E-state index is 10.9. The molecule has 0 saturated carbocycles. The van der Waals surface area contributed by atoms with Crippen LogP contribution in [-0.4, -0.2) is 21.0 Å². The van der Waals surface area contributed by atoms with Crippen LogP contribution in [0, 0.1) is 13.8 Å². The molecule has 92 valence electrons. The van der Waals surface area contributed by atoms with Gasteiger partial charge in [-0.2, -0.15) is 0 Å². The number of aryl methyl sites for hydroxylation is 2. The highest BCUT2D eigenvalue weighted by Crippen LogP contribution is 2.17. The molecule has 0 atom stereocenters. The van der Waals surface area contributed by atoms with Gasteiger partial charge in [-0.05, 0) is 43.7 Å². The van der Waals surface area contributed by atoms with Crippen LogP contribution in [0.2, 0.25) is 0 Å². The number of carboxylic acids is 1. The highest BCUT2D eigenvalue weighted by molar-refractivity contribution is 5.90. The SMILES string of the molecule is Cc1ccnc(Nc2ccc(C(=O)O)c(C)c2)n1. The van der Waals surface area contributed by atoms with Crippen molar-refractivity contribution < 1.29 is 9.90 Å². The maximum Gasteiger partial charge on any atom is 0.335 e. The Bertz CT molecular complexity index is 597. The number of benzene rings is 1. The van der Waals surface area contributed by atoms with Crippen molar-refractivity contribution >= 4 is 17.6 Å². The Labute approximate surface area is 105 Å². The Balaban J connectivity index is 2.25. The topological polar surface area (TPSA) is 75.1 Å². The van der Waals surface area contributed by atoms with Crippen LogP contribution < -0.4 is 5.32 Å². The first-order chi connectivity index (χ1) is 8.56. The summed E-state index contributed by atoms with van der Waals surface area (Å²) < 4.78 is 0. The Morgan fingerprint density at radius 2 is 2.06 bits per heavy atom. The van der Waals surface area contributed by atoms with Gasteiger partial charge in [-0.1, -0.05) is 0 Å². The lowest BCUT2D eigenvalue weighted by Crippen LogP contribution is -2.02. The molecule has 0 radical (unpaired) electrons. The summed E-state index contributed by atoms with van der Waals surface area (Å²) in [7, 11) is 0. The standard InChI is InChI=1S/C13H13N3O2/c1-8-7-10(3-4-11(8)12(17)18)16-13-14-6-5-9(2)15-13/h3-7H,1-2H3,(H,17,18)(H,14,15,16). The number of hydrogen-bond donors (Lipinski definition) is 2. The van der Waals surface area contributed by atoms with Crippen molar-refractivity contribution in [2.45, 2.75) is 13.8 Å². The van der Waals surface area contributed by atoms with Crippen LogP contribution in [0.4, 0.5) is 11.6 Å². The number of nitrogens with zero attached hydrogens (tertiary/aromatic N) is 2. The largest absolute Gasteiger partial charge is 0.478 e. The molecule has 0 saturated heterocycles. The molecule has 2 aromatic rings. The van der Waals surface area contributed by atoms with E-state index in [9.17, 15) is 4.79 Å². The zero-order valence-electron chi connectivity index (χ0n) is 10.1. The van der Waals surface area contributed by atoms with Crippen molar-refractivity contribution in [1.29, 1.82) is 0 Å². The smallest absolute Gasteiger partial charge is 0.335 e. The fourth-order valence-electron chi connectivity index (χ4n) is 1.62. The third-order valence-corrected chi connectivity index (χ3v) is 2.51. The molecule has 1 heterocycles. The van der Waals surface area contributed by atoms with Crippen LogP contribution in [0.25, 0.3) is 0 Å². The molecule has 0 aliphatic heterocycles. The van der Waals surface area contributed by atoms with Crippen LogP contribution >= 0.6 is 0 Å². The van der Waals surface area contributed by atoms with Crippen molar-refractivity contribution in [2.75, 3.05) is 5.32 Å². The molecule has 2 N–H and O–H groups in total. The highest BCUT2D eigenvalue weighted by Gasteiger charge is 2.07. The molecule has 0 unspecified atom stereocenters. The molecule has 0 spiro atoms. The van der Waals surface area contributed by atoms with E-state index in [4.69, 9.17) is 5.11 Å². The van der Waals surface area contributed by atoms with Gasteiger partial charge in [0.15, 0.2) is 0 Å². The average Bonchev–Trinajstić information content (AvgIpc) is 2.28. The van der Waals surface area contributed by atoms with Crippen LogP contribution in [0.1, 0.15) is 21.6 Å². The Morgan fingerprint density at radius 3 is 2.67 bits per heavy atom. The lowest BCUT2D eigenvalue weighted by Gasteiger charge is -2.07. The van der Waals surface area contributed by atoms with Gasteiger partial charge >= 0.3 is 5.97 Å². The molecule has 5 nitrogen and oxygen atoms in total. The minimum Gasteiger partial charge on any atom is -0.478 e. The predicted octanol–water partition coefficient (Wildman–Crippen LogP) is 2.54. The number of anilines is 2. The van der Waals surface area contributed by atoms with Crippen LogP contribution in [-0.2, 0) is 0 Å². The summed E-state index contributed by atoms with van der Waals surface area (Å²) in [5.41, 5.74) is 2.63. The quantitative estimate of drug-likeness (QED) is 0.866. The van der Waals surface area contributed by atoms with E-state index in [-0.39, 0.29) is 0 Å². The fraction of sp³-hybridized carbons (Fsp3) is 0.154. The summed E-state index contributed by atoms with van der Waals surface area (Å²) >= 11 is 0. The summed E-state index contributed by atoms with van der Waals surface area (Å²) in [6.07, 6.45) is 1.67. The summed E-state index contributed by atoms with van der Waals surface area (Å²) in [5, 5.41) is 12.0. The van der Waals surface area contributed by atoms with Gasteiger partial charge in [0, 0.05) is 17.6 Å². The van der Waals surface area contributed by atoms with Crippen LogP contribution in [0.3, 0.4) is 0 Å². The zero-order chi connectivity index (χ0) is 13.1. The van der Waals surface area contributed by atoms with Gasteiger partial charge in [0.25, 0.3) is 0 Å². The maximum atomic E-state index is 10.9. The summed E-state index contributed by atoms with van der Waals surface area (Å²) in [4.78, 5) is 19.2. The molecule has 0 bridgehead atoms. The number of rotatable bonds is 3. The normalized spacial score (nSPS) is 10.1. The van der Waals surface area contributed by atoms with Crippen LogP contribution in [0.5, 0.6) is 0 Å². The van der Waals surface area contributed by atoms with Gasteiger partial charge in [0.05, 0.1) is 5.56 Å². The predicted molar refractivity (Wildman–Crippen MR) is 68.2 cm³/mol. The molecule has 0 aliphatic rings. The number of hydrogen-bond acceptors (Lipinski definition) is 4. The summed E-state index contributed by atoms with van der Waals surface area (Å²) in [6.45, 7) is 3.64. The van der Waals surface area contributed by atoms with E-state index in [0.29, 0.717) is 17.1 Å². The highest BCUT2D eigenvalue weighted by atomic mass is 16.4. The van der Waals surface area contributed by atoms with E-state index in [1.807, 2.05) is 13.0 Å². The van der Waals surface area contributed by atoms with Crippen LogP contribution in [0.15, 0.2) is 30.5 Å². The molecule has 1 aromatic heterocycles. The number of carboxylic acid groups (broad SMARTS) is 1. The number of aromatic nitrogens is 2. The van der Waals surface area contributed by atoms with Gasteiger partial charge in [-0.25, -0.2) is 14.8 Å². The van der Waals surface area contributed by atoms with Gasteiger partial charge in [-0.3, -0.25) is 0 Å². The zero-order valence-corrected chi connectivity index (χ0v) is 10.1. The first-order valence-corrected chi connectivity index (χ1v) is 5.47. The second-order valence-corrected chi connectivity index (χ2v) is 3.98. The van der Waals surface area contributed by atoms with Crippen molar-refractivity contribution in [1.82, 2.24) is 9.97 Å². The monoisotopic (exact) mass is 243 g/mol. The Hall–Kier alpha value is -2.43. The molecule has 5 heteroatoms. The van der Waals surface area contributed by atoms with E-state index in [0.717, 1.165) is 11.4 Å². The average molecular weight is 243 g/mol. The number of carbonyl (C=O) groups is 1. The minimum absolute atomic E-state index is 0.297. The second-order valence-electron chi connectivity index (χ2n) is 3.98. The molecule has 0 aliphatic carbocycles. The molecular weight excluding hydrogens is 230 g/mol. The summed E-state index contributed by atoms with van der Waals surface area (Å²) in [5.74, 6) is -0.427. The van der Waals surface area contributed by atoms with Gasteiger partial charge in [0.2, 0.25) is 5.95 Å². The molecule has 0 fully saturated rings. The second kappa shape index (κ2) is 4.83. The van der Waals surface area contributed by atoms with Crippen molar-refractivity contribution in [3.63, 3.8) is 0 Å². The molecule has 18 heavy (non-hydrogen) atoms. The summed E-state index contributed by atoms with van der Waals surface area (Å²) in [6, 6.07) is 6.83. The third kappa shape index (κ3) is 2.63. The van der Waals surface area contributed by atoms with E-state index in [1.165, 1.54) is 0 Å². The molecular formula is C13H13N3O2. The van der Waals surface area contributed by atoms with Crippen molar-refractivity contribution in [3.05, 3.63) is 47.3 Å². The van der Waals surface area contributed by atoms with Crippen molar-refractivity contribution in [2.24, 2.45) is 0 Å². The van der Waals surface area contributed by atoms with Gasteiger partial charge in [-0.15, -0.1) is 0 Å². The van der Waals surface area contributed by atoms with Gasteiger partial charge < -0.3 is 10.4 Å². The minimum atomic E-state index is -0.925. The Morgan fingerprint density at radius 1 is 1.28 bits per heavy atom. The fourth-order valence-corrected chi connectivity index (χ4v) is 1.62. The third-order valence-electron chi connectivity index (χ3n) is 2.51. The first-order valence-electron chi connectivity index (χ1n) is 5.47. The number of aromatic carboxylic acids is 1. The lowest BCUT2D eigenvalue weighted by atomic mass is 10.1. The Kier molecular flexibility index (Phi) is 3.23. The van der Waals surface area contributed by atoms with E-state index in [1.54, 1.807) is 31.3 Å². The first kappa shape index (κ1) is 12.0. The lowest BCUT2D eigenvalue weighted by molar-refractivity contribution is 0.0696.